The van der Waals surface area contributed by atoms with Gasteiger partial charge in [0, 0.05) is 25.0 Å². The molecule has 20 heavy (non-hydrogen) atoms. The number of hydrogen-bond donors (Lipinski definition) is 1. The van der Waals surface area contributed by atoms with E-state index >= 15 is 0 Å². The molecule has 0 radical (unpaired) electrons. The standard InChI is InChI=1S/C17H26N2O/c1-16(2,3)11-18-15(20)19-10-13-8-6-7-9-14(13)17(4,5)12-19/h6-9H,10-12H2,1-5H3,(H,18,20). The minimum Gasteiger partial charge on any atom is -0.337 e. The van der Waals surface area contributed by atoms with Gasteiger partial charge in [0.1, 0.15) is 0 Å². The summed E-state index contributed by atoms with van der Waals surface area (Å²) in [6.45, 7) is 13.0. The van der Waals surface area contributed by atoms with Crippen molar-refractivity contribution >= 4 is 6.03 Å². The molecule has 0 saturated heterocycles. The number of carbonyl (C=O) groups excluding carboxylic acids is 1. The quantitative estimate of drug-likeness (QED) is 0.834. The zero-order valence-corrected chi connectivity index (χ0v) is 13.3. The summed E-state index contributed by atoms with van der Waals surface area (Å²) in [5.41, 5.74) is 2.74. The number of fused-ring (bicyclic) bond motifs is 1. The zero-order chi connectivity index (χ0) is 15.0. The van der Waals surface area contributed by atoms with Crippen LogP contribution in [0.15, 0.2) is 24.3 Å². The van der Waals surface area contributed by atoms with Crippen molar-refractivity contribution < 1.29 is 4.79 Å². The number of rotatable bonds is 1. The fraction of sp³-hybridized carbons (Fsp3) is 0.588. The van der Waals surface area contributed by atoms with Crippen LogP contribution in [0.3, 0.4) is 0 Å². The van der Waals surface area contributed by atoms with E-state index < -0.39 is 0 Å². The molecule has 1 aromatic rings. The second-order valence-corrected chi connectivity index (χ2v) is 7.62. The highest BCUT2D eigenvalue weighted by Gasteiger charge is 2.33. The molecular weight excluding hydrogens is 248 g/mol. The van der Waals surface area contributed by atoms with Crippen molar-refractivity contribution in [1.82, 2.24) is 10.2 Å². The molecule has 0 saturated carbocycles. The Morgan fingerprint density at radius 1 is 1.30 bits per heavy atom. The topological polar surface area (TPSA) is 32.3 Å². The highest BCUT2D eigenvalue weighted by atomic mass is 16.2. The van der Waals surface area contributed by atoms with Gasteiger partial charge in [-0.15, -0.1) is 0 Å². The normalized spacial score (nSPS) is 17.6. The van der Waals surface area contributed by atoms with Gasteiger partial charge in [0.05, 0.1) is 0 Å². The first-order valence-corrected chi connectivity index (χ1v) is 7.30. The molecule has 0 unspecified atom stereocenters. The third kappa shape index (κ3) is 3.33. The summed E-state index contributed by atoms with van der Waals surface area (Å²) in [6.07, 6.45) is 0. The Labute approximate surface area is 122 Å². The van der Waals surface area contributed by atoms with Gasteiger partial charge in [-0.3, -0.25) is 0 Å². The lowest BCUT2D eigenvalue weighted by atomic mass is 9.78. The lowest BCUT2D eigenvalue weighted by molar-refractivity contribution is 0.170. The fourth-order valence-electron chi connectivity index (χ4n) is 2.74. The van der Waals surface area contributed by atoms with E-state index in [1.165, 1.54) is 11.1 Å². The van der Waals surface area contributed by atoms with Crippen LogP contribution in [0.4, 0.5) is 4.79 Å². The van der Waals surface area contributed by atoms with Crippen molar-refractivity contribution in [2.45, 2.75) is 46.6 Å². The Bertz CT molecular complexity index is 500. The van der Waals surface area contributed by atoms with Crippen LogP contribution in [0.1, 0.15) is 45.7 Å². The first kappa shape index (κ1) is 14.9. The first-order valence-electron chi connectivity index (χ1n) is 7.30. The molecule has 0 spiro atoms. The molecule has 3 heteroatoms. The smallest absolute Gasteiger partial charge is 0.317 e. The predicted molar refractivity (Wildman–Crippen MR) is 82.7 cm³/mol. The second kappa shape index (κ2) is 5.12. The average molecular weight is 274 g/mol. The summed E-state index contributed by atoms with van der Waals surface area (Å²) in [7, 11) is 0. The number of benzene rings is 1. The number of nitrogens with one attached hydrogen (secondary N) is 1. The summed E-state index contributed by atoms with van der Waals surface area (Å²) in [5, 5.41) is 3.05. The van der Waals surface area contributed by atoms with Gasteiger partial charge in [-0.25, -0.2) is 4.79 Å². The van der Waals surface area contributed by atoms with Crippen molar-refractivity contribution in [3.05, 3.63) is 35.4 Å². The molecular formula is C17H26N2O. The molecule has 0 bridgehead atoms. The maximum Gasteiger partial charge on any atom is 0.317 e. The maximum atomic E-state index is 12.4. The van der Waals surface area contributed by atoms with Crippen molar-refractivity contribution in [3.8, 4) is 0 Å². The first-order chi connectivity index (χ1) is 9.19. The molecule has 1 aliphatic heterocycles. The van der Waals surface area contributed by atoms with E-state index in [4.69, 9.17) is 0 Å². The van der Waals surface area contributed by atoms with E-state index in [0.29, 0.717) is 13.1 Å². The maximum absolute atomic E-state index is 12.4. The Hall–Kier alpha value is -1.51. The highest BCUT2D eigenvalue weighted by Crippen LogP contribution is 2.33. The van der Waals surface area contributed by atoms with Gasteiger partial charge in [-0.1, -0.05) is 58.9 Å². The molecule has 0 aromatic heterocycles. The summed E-state index contributed by atoms with van der Waals surface area (Å²) in [6, 6.07) is 8.48. The lowest BCUT2D eigenvalue weighted by Crippen LogP contribution is -2.50. The van der Waals surface area contributed by atoms with Crippen LogP contribution in [0, 0.1) is 5.41 Å². The van der Waals surface area contributed by atoms with Crippen molar-refractivity contribution in [3.63, 3.8) is 0 Å². The molecule has 2 amide bonds. The number of carbonyl (C=O) groups is 1. The third-order valence-electron chi connectivity index (χ3n) is 3.75. The van der Waals surface area contributed by atoms with Crippen LogP contribution in [0.5, 0.6) is 0 Å². The Kier molecular flexibility index (Phi) is 3.81. The van der Waals surface area contributed by atoms with Crippen LogP contribution in [-0.4, -0.2) is 24.0 Å². The van der Waals surface area contributed by atoms with Gasteiger partial charge in [0.2, 0.25) is 0 Å². The van der Waals surface area contributed by atoms with Gasteiger partial charge < -0.3 is 10.2 Å². The number of hydrogen-bond acceptors (Lipinski definition) is 1. The number of amides is 2. The van der Waals surface area contributed by atoms with Crippen LogP contribution >= 0.6 is 0 Å². The van der Waals surface area contributed by atoms with Gasteiger partial charge in [0.25, 0.3) is 0 Å². The van der Waals surface area contributed by atoms with Crippen LogP contribution in [0.2, 0.25) is 0 Å². The SMILES string of the molecule is CC(C)(C)CNC(=O)N1Cc2ccccc2C(C)(C)C1. The molecule has 2 rings (SSSR count). The molecule has 0 atom stereocenters. The summed E-state index contributed by atoms with van der Waals surface area (Å²) >= 11 is 0. The van der Waals surface area contributed by atoms with Gasteiger partial charge in [-0.05, 0) is 16.5 Å². The molecule has 1 aromatic carbocycles. The van der Waals surface area contributed by atoms with Crippen molar-refractivity contribution in [1.29, 1.82) is 0 Å². The molecule has 0 aliphatic carbocycles. The van der Waals surface area contributed by atoms with E-state index in [-0.39, 0.29) is 16.9 Å². The van der Waals surface area contributed by atoms with Crippen molar-refractivity contribution in [2.75, 3.05) is 13.1 Å². The number of urea groups is 1. The molecule has 1 aliphatic rings. The molecule has 1 N–H and O–H groups in total. The minimum absolute atomic E-state index is 0.00785. The summed E-state index contributed by atoms with van der Waals surface area (Å²) in [4.78, 5) is 14.3. The van der Waals surface area contributed by atoms with Crippen molar-refractivity contribution in [2.24, 2.45) is 5.41 Å². The van der Waals surface area contributed by atoms with E-state index in [1.54, 1.807) is 0 Å². The Morgan fingerprint density at radius 2 is 1.95 bits per heavy atom. The fourth-order valence-corrected chi connectivity index (χ4v) is 2.74. The molecule has 110 valence electrons. The monoisotopic (exact) mass is 274 g/mol. The van der Waals surface area contributed by atoms with Crippen LogP contribution < -0.4 is 5.32 Å². The molecule has 0 fully saturated rings. The highest BCUT2D eigenvalue weighted by molar-refractivity contribution is 5.75. The predicted octanol–water partition coefficient (Wildman–Crippen LogP) is 3.54. The summed E-state index contributed by atoms with van der Waals surface area (Å²) in [5.74, 6) is 0. The second-order valence-electron chi connectivity index (χ2n) is 7.62. The van der Waals surface area contributed by atoms with Crippen LogP contribution in [0.25, 0.3) is 0 Å². The van der Waals surface area contributed by atoms with E-state index in [1.807, 2.05) is 11.0 Å². The lowest BCUT2D eigenvalue weighted by Gasteiger charge is -2.40. The van der Waals surface area contributed by atoms with Gasteiger partial charge in [0.15, 0.2) is 0 Å². The van der Waals surface area contributed by atoms with Gasteiger partial charge in [-0.2, -0.15) is 0 Å². The molecule has 3 nitrogen and oxygen atoms in total. The largest absolute Gasteiger partial charge is 0.337 e. The Morgan fingerprint density at radius 3 is 2.60 bits per heavy atom. The number of nitrogens with zero attached hydrogens (tertiary/aromatic N) is 1. The van der Waals surface area contributed by atoms with E-state index in [2.05, 4.69) is 58.1 Å². The third-order valence-corrected chi connectivity index (χ3v) is 3.75. The Balaban J connectivity index is 2.12. The summed E-state index contributed by atoms with van der Waals surface area (Å²) < 4.78 is 0. The zero-order valence-electron chi connectivity index (χ0n) is 13.3. The van der Waals surface area contributed by atoms with E-state index in [0.717, 1.165) is 6.54 Å². The molecule has 1 heterocycles. The van der Waals surface area contributed by atoms with E-state index in [9.17, 15) is 4.79 Å². The average Bonchev–Trinajstić information content (AvgIpc) is 2.34. The van der Waals surface area contributed by atoms with Gasteiger partial charge >= 0.3 is 6.03 Å². The minimum atomic E-state index is 0.00785. The van der Waals surface area contributed by atoms with Crippen LogP contribution in [-0.2, 0) is 12.0 Å².